The topological polar surface area (TPSA) is 96.4 Å². The molecule has 0 bridgehead atoms. The fraction of sp³-hybridized carbons (Fsp3) is 0.696. The number of β-amino-alcohol motifs (C(OH)–C–C–N with tert-alkyl or cyclic N) is 1. The molecule has 1 N–H and O–H groups in total. The monoisotopic (exact) mass is 430 g/mol. The second-order valence-corrected chi connectivity index (χ2v) is 9.47. The lowest BCUT2D eigenvalue weighted by Gasteiger charge is -2.40. The van der Waals surface area contributed by atoms with Crippen LogP contribution in [0.5, 0.6) is 0 Å². The summed E-state index contributed by atoms with van der Waals surface area (Å²) in [7, 11) is 0. The van der Waals surface area contributed by atoms with E-state index in [-0.39, 0.29) is 37.6 Å². The minimum atomic E-state index is -1.26. The largest absolute Gasteiger partial charge is 0.461 e. The van der Waals surface area contributed by atoms with Gasteiger partial charge in [-0.2, -0.15) is 0 Å². The van der Waals surface area contributed by atoms with Gasteiger partial charge in [-0.3, -0.25) is 14.4 Å². The van der Waals surface area contributed by atoms with Gasteiger partial charge in [-0.15, -0.1) is 0 Å². The van der Waals surface area contributed by atoms with E-state index in [9.17, 15) is 19.5 Å². The summed E-state index contributed by atoms with van der Waals surface area (Å²) < 4.78 is 11.9. The molecule has 168 valence electrons. The standard InChI is InChI=1S/C23H30N2O6/c1-22-9-6-14-30-21(29)17(22)16-19(27)25(12-13-26)18-20(28)24(15-7-3-2-4-8-15)11-5-10-23(16,18)31-22/h5-6,9-10,15-18,26H,2-4,7-8,11-14H2,1H3/t16-,17+,18?,22-,23-/m0/s1. The molecular weight excluding hydrogens is 400 g/mol. The molecule has 31 heavy (non-hydrogen) atoms. The number of aliphatic hydroxyl groups excluding tert-OH is 1. The Morgan fingerprint density at radius 2 is 1.84 bits per heavy atom. The van der Waals surface area contributed by atoms with Gasteiger partial charge in [0.1, 0.15) is 24.2 Å². The van der Waals surface area contributed by atoms with Crippen LogP contribution in [0.2, 0.25) is 0 Å². The van der Waals surface area contributed by atoms with Gasteiger partial charge in [0.05, 0.1) is 18.1 Å². The number of hydrogen-bond donors (Lipinski definition) is 1. The highest BCUT2D eigenvalue weighted by molar-refractivity contribution is 5.99. The average Bonchev–Trinajstić information content (AvgIpc) is 3.00. The molecule has 8 nitrogen and oxygen atoms in total. The molecule has 2 amide bonds. The number of hydrogen-bond acceptors (Lipinski definition) is 6. The van der Waals surface area contributed by atoms with Crippen molar-refractivity contribution >= 4 is 17.8 Å². The van der Waals surface area contributed by atoms with Crippen molar-refractivity contribution in [1.29, 1.82) is 0 Å². The molecule has 3 fully saturated rings. The molecule has 1 unspecified atom stereocenters. The summed E-state index contributed by atoms with van der Waals surface area (Å²) >= 11 is 0. The number of aliphatic hydroxyl groups is 1. The molecule has 2 saturated heterocycles. The lowest BCUT2D eigenvalue weighted by atomic mass is 9.74. The van der Waals surface area contributed by atoms with Gasteiger partial charge in [0.25, 0.3) is 0 Å². The van der Waals surface area contributed by atoms with Crippen LogP contribution < -0.4 is 0 Å². The van der Waals surface area contributed by atoms with Gasteiger partial charge >= 0.3 is 5.97 Å². The number of amides is 2. The molecule has 1 saturated carbocycles. The molecule has 5 aliphatic rings. The molecule has 0 aromatic carbocycles. The second-order valence-electron chi connectivity index (χ2n) is 9.47. The molecule has 5 rings (SSSR count). The minimum absolute atomic E-state index is 0.0253. The van der Waals surface area contributed by atoms with Crippen molar-refractivity contribution in [3.8, 4) is 0 Å². The summed E-state index contributed by atoms with van der Waals surface area (Å²) in [4.78, 5) is 43.8. The SMILES string of the molecule is C[C@]12C=CCOC(=O)[C@H]1[C@H]1C(=O)N(CCO)C3C(=O)N(C4CCCCC4)CC=C[C@@]31O2. The van der Waals surface area contributed by atoms with E-state index in [1.54, 1.807) is 19.1 Å². The van der Waals surface area contributed by atoms with E-state index in [4.69, 9.17) is 9.47 Å². The Balaban J connectivity index is 1.60. The highest BCUT2D eigenvalue weighted by Gasteiger charge is 2.74. The summed E-state index contributed by atoms with van der Waals surface area (Å²) in [6.07, 6.45) is 12.5. The molecule has 0 aromatic heterocycles. The van der Waals surface area contributed by atoms with Crippen molar-refractivity contribution in [3.63, 3.8) is 0 Å². The minimum Gasteiger partial charge on any atom is -0.461 e. The van der Waals surface area contributed by atoms with Gasteiger partial charge in [0, 0.05) is 19.1 Å². The van der Waals surface area contributed by atoms with Gasteiger partial charge < -0.3 is 24.4 Å². The van der Waals surface area contributed by atoms with Crippen LogP contribution in [0.15, 0.2) is 24.3 Å². The normalized spacial score (nSPS) is 40.3. The molecule has 5 atom stereocenters. The van der Waals surface area contributed by atoms with E-state index in [0.717, 1.165) is 25.7 Å². The number of esters is 1. The van der Waals surface area contributed by atoms with Crippen molar-refractivity contribution in [3.05, 3.63) is 24.3 Å². The average molecular weight is 431 g/mol. The van der Waals surface area contributed by atoms with Crippen LogP contribution in [0.25, 0.3) is 0 Å². The number of carbonyl (C=O) groups is 3. The predicted molar refractivity (Wildman–Crippen MR) is 110 cm³/mol. The summed E-state index contributed by atoms with van der Waals surface area (Å²) in [6.45, 7) is 2.14. The highest BCUT2D eigenvalue weighted by atomic mass is 16.6. The number of fused-ring (bicyclic) bond motifs is 2. The molecule has 4 heterocycles. The van der Waals surface area contributed by atoms with Gasteiger partial charge in [-0.1, -0.05) is 37.5 Å². The molecule has 1 spiro atoms. The first-order chi connectivity index (χ1) is 14.9. The Bertz CT molecular complexity index is 849. The van der Waals surface area contributed by atoms with Crippen molar-refractivity contribution in [1.82, 2.24) is 9.80 Å². The molecule has 1 aliphatic carbocycles. The third-order valence-electron chi connectivity index (χ3n) is 7.70. The van der Waals surface area contributed by atoms with Crippen LogP contribution in [-0.4, -0.2) is 82.3 Å². The number of likely N-dealkylation sites (tertiary alicyclic amines) is 1. The molecule has 0 aromatic rings. The van der Waals surface area contributed by atoms with E-state index in [1.807, 2.05) is 17.1 Å². The van der Waals surface area contributed by atoms with Crippen molar-refractivity contribution in [2.24, 2.45) is 11.8 Å². The number of ether oxygens (including phenoxy) is 2. The van der Waals surface area contributed by atoms with E-state index in [2.05, 4.69) is 0 Å². The Morgan fingerprint density at radius 1 is 1.06 bits per heavy atom. The van der Waals surface area contributed by atoms with Gasteiger partial charge in [-0.25, -0.2) is 0 Å². The molecule has 8 heteroatoms. The lowest BCUT2D eigenvalue weighted by Crippen LogP contribution is -2.58. The smallest absolute Gasteiger partial charge is 0.313 e. The third-order valence-corrected chi connectivity index (χ3v) is 7.70. The maximum atomic E-state index is 14.0. The number of carbonyl (C=O) groups excluding carboxylic acids is 3. The van der Waals surface area contributed by atoms with Crippen LogP contribution in [0, 0.1) is 11.8 Å². The summed E-state index contributed by atoms with van der Waals surface area (Å²) in [5.41, 5.74) is -2.30. The number of nitrogens with zero attached hydrogens (tertiary/aromatic N) is 2. The lowest BCUT2D eigenvalue weighted by molar-refractivity contribution is -0.158. The zero-order valence-electron chi connectivity index (χ0n) is 17.9. The van der Waals surface area contributed by atoms with E-state index in [0.29, 0.717) is 6.54 Å². The van der Waals surface area contributed by atoms with Gasteiger partial charge in [0.2, 0.25) is 11.8 Å². The van der Waals surface area contributed by atoms with Crippen molar-refractivity contribution in [2.75, 3.05) is 26.3 Å². The first kappa shape index (κ1) is 20.7. The van der Waals surface area contributed by atoms with E-state index < -0.39 is 35.0 Å². The summed E-state index contributed by atoms with van der Waals surface area (Å²) in [6, 6.07) is -0.763. The molecular formula is C23H30N2O6. The van der Waals surface area contributed by atoms with Crippen LogP contribution in [0.1, 0.15) is 39.0 Å². The summed E-state index contributed by atoms with van der Waals surface area (Å²) in [5.74, 6) is -2.68. The predicted octanol–water partition coefficient (Wildman–Crippen LogP) is 0.794. The Hall–Kier alpha value is -2.19. The summed E-state index contributed by atoms with van der Waals surface area (Å²) in [5, 5.41) is 9.67. The third kappa shape index (κ3) is 2.91. The fourth-order valence-electron chi connectivity index (χ4n) is 6.44. The van der Waals surface area contributed by atoms with Crippen LogP contribution in [0.3, 0.4) is 0 Å². The van der Waals surface area contributed by atoms with Crippen LogP contribution >= 0.6 is 0 Å². The first-order valence-electron chi connectivity index (χ1n) is 11.4. The van der Waals surface area contributed by atoms with Gasteiger partial charge in [0.15, 0.2) is 0 Å². The van der Waals surface area contributed by atoms with Crippen molar-refractivity contribution in [2.45, 2.75) is 62.3 Å². The van der Waals surface area contributed by atoms with Gasteiger partial charge in [-0.05, 0) is 25.8 Å². The van der Waals surface area contributed by atoms with Crippen LogP contribution in [-0.2, 0) is 23.9 Å². The van der Waals surface area contributed by atoms with Crippen LogP contribution in [0.4, 0.5) is 0 Å². The molecule has 4 aliphatic heterocycles. The van der Waals surface area contributed by atoms with Crippen molar-refractivity contribution < 1.29 is 29.0 Å². The Morgan fingerprint density at radius 3 is 2.58 bits per heavy atom. The number of rotatable bonds is 3. The maximum absolute atomic E-state index is 14.0. The maximum Gasteiger partial charge on any atom is 0.313 e. The fourth-order valence-corrected chi connectivity index (χ4v) is 6.44. The van der Waals surface area contributed by atoms with E-state index in [1.165, 1.54) is 11.3 Å². The quantitative estimate of drug-likeness (QED) is 0.526. The highest BCUT2D eigenvalue weighted by Crippen LogP contribution is 2.57. The zero-order valence-corrected chi connectivity index (χ0v) is 17.9. The first-order valence-corrected chi connectivity index (χ1v) is 11.4. The second kappa shape index (κ2) is 7.45. The molecule has 0 radical (unpaired) electrons. The Kier molecular flexibility index (Phi) is 4.97. The number of cyclic esters (lactones) is 1. The Labute approximate surface area is 181 Å². The zero-order chi connectivity index (χ0) is 21.8. The van der Waals surface area contributed by atoms with E-state index >= 15 is 0 Å².